The summed E-state index contributed by atoms with van der Waals surface area (Å²) >= 11 is 0. The van der Waals surface area contributed by atoms with Crippen LogP contribution in [0.15, 0.2) is 16.7 Å². The van der Waals surface area contributed by atoms with Gasteiger partial charge in [0.2, 0.25) is 0 Å². The van der Waals surface area contributed by atoms with Crippen LogP contribution in [-0.4, -0.2) is 18.0 Å². The zero-order valence-electron chi connectivity index (χ0n) is 8.76. The SMILES string of the molecule is Cc1cc(C(=O)NCC(C)(C)N)co1. The van der Waals surface area contributed by atoms with Crippen LogP contribution in [0.2, 0.25) is 0 Å². The maximum absolute atomic E-state index is 11.5. The lowest BCUT2D eigenvalue weighted by Gasteiger charge is -2.18. The Bertz CT molecular complexity index is 323. The molecule has 3 N–H and O–H groups in total. The Morgan fingerprint density at radius 2 is 2.29 bits per heavy atom. The number of carbonyl (C=O) groups is 1. The summed E-state index contributed by atoms with van der Waals surface area (Å²) in [7, 11) is 0. The Kier molecular flexibility index (Phi) is 2.96. The summed E-state index contributed by atoms with van der Waals surface area (Å²) < 4.78 is 5.03. The van der Waals surface area contributed by atoms with Crippen LogP contribution in [0.25, 0.3) is 0 Å². The van der Waals surface area contributed by atoms with E-state index in [1.54, 1.807) is 13.0 Å². The maximum Gasteiger partial charge on any atom is 0.254 e. The van der Waals surface area contributed by atoms with E-state index in [4.69, 9.17) is 10.2 Å². The Morgan fingerprint density at radius 3 is 2.71 bits per heavy atom. The van der Waals surface area contributed by atoms with Crippen LogP contribution in [0.4, 0.5) is 0 Å². The Labute approximate surface area is 83.5 Å². The average Bonchev–Trinajstić information content (AvgIpc) is 2.46. The van der Waals surface area contributed by atoms with E-state index >= 15 is 0 Å². The molecule has 1 rings (SSSR count). The molecular weight excluding hydrogens is 180 g/mol. The predicted molar refractivity (Wildman–Crippen MR) is 54.0 cm³/mol. The summed E-state index contributed by atoms with van der Waals surface area (Å²) in [4.78, 5) is 11.5. The molecule has 0 saturated heterocycles. The standard InChI is InChI=1S/C10H16N2O2/c1-7-4-8(5-14-7)9(13)12-6-10(2,3)11/h4-5H,6,11H2,1-3H3,(H,12,13). The van der Waals surface area contributed by atoms with Crippen LogP contribution in [0.3, 0.4) is 0 Å². The molecule has 0 aromatic carbocycles. The summed E-state index contributed by atoms with van der Waals surface area (Å²) in [5.74, 6) is 0.572. The molecule has 0 saturated carbocycles. The van der Waals surface area contributed by atoms with Gasteiger partial charge >= 0.3 is 0 Å². The molecule has 4 heteroatoms. The lowest BCUT2D eigenvalue weighted by atomic mass is 10.1. The van der Waals surface area contributed by atoms with Crippen molar-refractivity contribution in [3.63, 3.8) is 0 Å². The molecular formula is C10H16N2O2. The fraction of sp³-hybridized carbons (Fsp3) is 0.500. The molecule has 0 fully saturated rings. The molecule has 0 aliphatic heterocycles. The third-order valence-electron chi connectivity index (χ3n) is 1.70. The van der Waals surface area contributed by atoms with Crippen molar-refractivity contribution < 1.29 is 9.21 Å². The van der Waals surface area contributed by atoms with Gasteiger partial charge in [0.15, 0.2) is 0 Å². The monoisotopic (exact) mass is 196 g/mol. The molecule has 0 bridgehead atoms. The van der Waals surface area contributed by atoms with Gasteiger partial charge < -0.3 is 15.5 Å². The van der Waals surface area contributed by atoms with Crippen molar-refractivity contribution in [2.45, 2.75) is 26.3 Å². The third-order valence-corrected chi connectivity index (χ3v) is 1.70. The number of carbonyl (C=O) groups excluding carboxylic acids is 1. The van der Waals surface area contributed by atoms with Gasteiger partial charge in [-0.25, -0.2) is 0 Å². The molecule has 0 atom stereocenters. The molecule has 0 radical (unpaired) electrons. The largest absolute Gasteiger partial charge is 0.469 e. The summed E-state index contributed by atoms with van der Waals surface area (Å²) in [6.45, 7) is 5.95. The van der Waals surface area contributed by atoms with Crippen LogP contribution in [0.1, 0.15) is 30.0 Å². The van der Waals surface area contributed by atoms with Crippen molar-refractivity contribution >= 4 is 5.91 Å². The second-order valence-corrected chi connectivity index (χ2v) is 4.12. The van der Waals surface area contributed by atoms with Gasteiger partial charge in [-0.1, -0.05) is 0 Å². The summed E-state index contributed by atoms with van der Waals surface area (Å²) in [5, 5.41) is 2.73. The first-order chi connectivity index (χ1) is 6.38. The number of hydrogen-bond acceptors (Lipinski definition) is 3. The molecule has 78 valence electrons. The predicted octanol–water partition coefficient (Wildman–Crippen LogP) is 1.06. The topological polar surface area (TPSA) is 68.3 Å². The molecule has 1 amide bonds. The van der Waals surface area contributed by atoms with Crippen LogP contribution in [0.5, 0.6) is 0 Å². The van der Waals surface area contributed by atoms with Crippen molar-refractivity contribution in [3.8, 4) is 0 Å². The van der Waals surface area contributed by atoms with Crippen LogP contribution in [0, 0.1) is 6.92 Å². The summed E-state index contributed by atoms with van der Waals surface area (Å²) in [6, 6.07) is 1.69. The van der Waals surface area contributed by atoms with Gasteiger partial charge in [0.25, 0.3) is 5.91 Å². The summed E-state index contributed by atoms with van der Waals surface area (Å²) in [6.07, 6.45) is 1.44. The number of aryl methyl sites for hydroxylation is 1. The lowest BCUT2D eigenvalue weighted by molar-refractivity contribution is 0.0945. The second kappa shape index (κ2) is 3.84. The van der Waals surface area contributed by atoms with Crippen molar-refractivity contribution in [1.29, 1.82) is 0 Å². The highest BCUT2D eigenvalue weighted by Crippen LogP contribution is 2.06. The quantitative estimate of drug-likeness (QED) is 0.759. The zero-order chi connectivity index (χ0) is 10.8. The Balaban J connectivity index is 2.52. The normalized spacial score (nSPS) is 11.4. The number of furan rings is 1. The van der Waals surface area contributed by atoms with Gasteiger partial charge in [-0.3, -0.25) is 4.79 Å². The molecule has 4 nitrogen and oxygen atoms in total. The van der Waals surface area contributed by atoms with E-state index in [1.165, 1.54) is 6.26 Å². The highest BCUT2D eigenvalue weighted by atomic mass is 16.3. The van der Waals surface area contributed by atoms with E-state index in [0.717, 1.165) is 5.76 Å². The van der Waals surface area contributed by atoms with Crippen LogP contribution in [-0.2, 0) is 0 Å². The van der Waals surface area contributed by atoms with Gasteiger partial charge in [0.05, 0.1) is 5.56 Å². The molecule has 1 heterocycles. The Morgan fingerprint density at radius 1 is 1.64 bits per heavy atom. The molecule has 14 heavy (non-hydrogen) atoms. The number of amides is 1. The number of rotatable bonds is 3. The van der Waals surface area contributed by atoms with Gasteiger partial charge in [0.1, 0.15) is 12.0 Å². The molecule has 1 aromatic rings. The highest BCUT2D eigenvalue weighted by molar-refractivity contribution is 5.93. The van der Waals surface area contributed by atoms with Crippen molar-refractivity contribution in [1.82, 2.24) is 5.32 Å². The fourth-order valence-corrected chi connectivity index (χ4v) is 0.973. The number of nitrogens with two attached hydrogens (primary N) is 1. The van der Waals surface area contributed by atoms with Crippen molar-refractivity contribution in [3.05, 3.63) is 23.7 Å². The maximum atomic E-state index is 11.5. The van der Waals surface area contributed by atoms with Crippen molar-refractivity contribution in [2.75, 3.05) is 6.54 Å². The van der Waals surface area contributed by atoms with E-state index in [2.05, 4.69) is 5.32 Å². The van der Waals surface area contributed by atoms with E-state index in [1.807, 2.05) is 13.8 Å². The van der Waals surface area contributed by atoms with E-state index in [-0.39, 0.29) is 5.91 Å². The lowest BCUT2D eigenvalue weighted by Crippen LogP contribution is -2.45. The second-order valence-electron chi connectivity index (χ2n) is 4.12. The fourth-order valence-electron chi connectivity index (χ4n) is 0.973. The number of hydrogen-bond donors (Lipinski definition) is 2. The number of nitrogens with one attached hydrogen (secondary N) is 1. The van der Waals surface area contributed by atoms with E-state index in [0.29, 0.717) is 12.1 Å². The molecule has 1 aromatic heterocycles. The first-order valence-corrected chi connectivity index (χ1v) is 4.51. The molecule has 0 spiro atoms. The molecule has 0 unspecified atom stereocenters. The van der Waals surface area contributed by atoms with E-state index < -0.39 is 5.54 Å². The minimum atomic E-state index is -0.394. The van der Waals surface area contributed by atoms with Crippen molar-refractivity contribution in [2.24, 2.45) is 5.73 Å². The summed E-state index contributed by atoms with van der Waals surface area (Å²) in [5.41, 5.74) is 5.87. The van der Waals surface area contributed by atoms with Crippen LogP contribution < -0.4 is 11.1 Å². The van der Waals surface area contributed by atoms with Gasteiger partial charge in [-0.2, -0.15) is 0 Å². The first-order valence-electron chi connectivity index (χ1n) is 4.51. The first kappa shape index (κ1) is 10.8. The minimum Gasteiger partial charge on any atom is -0.469 e. The van der Waals surface area contributed by atoms with Gasteiger partial charge in [-0.15, -0.1) is 0 Å². The third kappa shape index (κ3) is 3.22. The van der Waals surface area contributed by atoms with E-state index in [9.17, 15) is 4.79 Å². The molecule has 0 aliphatic rings. The zero-order valence-corrected chi connectivity index (χ0v) is 8.76. The van der Waals surface area contributed by atoms with Gasteiger partial charge in [0, 0.05) is 12.1 Å². The average molecular weight is 196 g/mol. The van der Waals surface area contributed by atoms with Crippen LogP contribution >= 0.6 is 0 Å². The smallest absolute Gasteiger partial charge is 0.254 e. The molecule has 0 aliphatic carbocycles. The minimum absolute atomic E-state index is 0.152. The highest BCUT2D eigenvalue weighted by Gasteiger charge is 2.14. The Hall–Kier alpha value is -1.29. The van der Waals surface area contributed by atoms with Gasteiger partial charge in [-0.05, 0) is 26.8 Å².